The van der Waals surface area contributed by atoms with Gasteiger partial charge in [-0.1, -0.05) is 19.1 Å². The maximum absolute atomic E-state index is 12.3. The molecule has 2 heterocycles. The minimum Gasteiger partial charge on any atom is -0.354 e. The van der Waals surface area contributed by atoms with Crippen LogP contribution in [0.1, 0.15) is 40.5 Å². The predicted molar refractivity (Wildman–Crippen MR) is 109 cm³/mol. The van der Waals surface area contributed by atoms with Crippen LogP contribution in [0.4, 0.5) is 0 Å². The van der Waals surface area contributed by atoms with Crippen molar-refractivity contribution in [2.75, 3.05) is 33.2 Å². The molecule has 2 aliphatic heterocycles. The highest BCUT2D eigenvalue weighted by molar-refractivity contribution is 14.0. The van der Waals surface area contributed by atoms with Crippen molar-refractivity contribution in [2.45, 2.75) is 19.8 Å². The fourth-order valence-corrected chi connectivity index (χ4v) is 3.27. The van der Waals surface area contributed by atoms with Crippen LogP contribution < -0.4 is 5.32 Å². The van der Waals surface area contributed by atoms with Gasteiger partial charge < -0.3 is 10.2 Å². The molecule has 136 valence electrons. The first-order valence-electron chi connectivity index (χ1n) is 8.52. The van der Waals surface area contributed by atoms with Crippen molar-refractivity contribution in [2.24, 2.45) is 10.9 Å². The number of imide groups is 1. The quantitative estimate of drug-likeness (QED) is 0.328. The van der Waals surface area contributed by atoms with Crippen molar-refractivity contribution in [3.8, 4) is 0 Å². The zero-order valence-corrected chi connectivity index (χ0v) is 17.0. The van der Waals surface area contributed by atoms with Gasteiger partial charge in [0.15, 0.2) is 5.96 Å². The second kappa shape index (κ2) is 8.64. The summed E-state index contributed by atoms with van der Waals surface area (Å²) in [5, 5.41) is 3.28. The molecule has 6 nitrogen and oxygen atoms in total. The van der Waals surface area contributed by atoms with Gasteiger partial charge in [-0.3, -0.25) is 19.5 Å². The van der Waals surface area contributed by atoms with Crippen molar-refractivity contribution < 1.29 is 9.59 Å². The predicted octanol–water partition coefficient (Wildman–Crippen LogP) is 2.21. The molecule has 0 aromatic heterocycles. The van der Waals surface area contributed by atoms with E-state index in [2.05, 4.69) is 22.1 Å². The fourth-order valence-electron chi connectivity index (χ4n) is 3.27. The molecule has 3 rings (SSSR count). The molecular weight excluding hydrogens is 431 g/mol. The van der Waals surface area contributed by atoms with E-state index in [1.807, 2.05) is 0 Å². The third-order valence-corrected chi connectivity index (χ3v) is 4.79. The molecule has 0 bridgehead atoms. The summed E-state index contributed by atoms with van der Waals surface area (Å²) in [4.78, 5) is 32.5. The lowest BCUT2D eigenvalue weighted by atomic mass is 10.00. The average Bonchev–Trinajstić information content (AvgIpc) is 2.85. The zero-order chi connectivity index (χ0) is 17.1. The van der Waals surface area contributed by atoms with Gasteiger partial charge in [-0.05, 0) is 30.9 Å². The Hall–Kier alpha value is -1.64. The van der Waals surface area contributed by atoms with E-state index in [4.69, 9.17) is 0 Å². The van der Waals surface area contributed by atoms with Crippen LogP contribution in [0, 0.1) is 5.92 Å². The second-order valence-electron chi connectivity index (χ2n) is 6.45. The minimum absolute atomic E-state index is 0. The molecule has 7 heteroatoms. The van der Waals surface area contributed by atoms with E-state index in [0.717, 1.165) is 25.0 Å². The van der Waals surface area contributed by atoms with Crippen molar-refractivity contribution in [3.05, 3.63) is 35.4 Å². The Kier molecular flexibility index (Phi) is 6.80. The van der Waals surface area contributed by atoms with E-state index < -0.39 is 0 Å². The first-order valence-corrected chi connectivity index (χ1v) is 8.52. The number of guanidine groups is 1. The van der Waals surface area contributed by atoms with E-state index in [0.29, 0.717) is 24.2 Å². The number of amides is 2. The van der Waals surface area contributed by atoms with Crippen LogP contribution >= 0.6 is 24.0 Å². The number of aliphatic imine (C=N–C) groups is 1. The number of benzene rings is 1. The van der Waals surface area contributed by atoms with Gasteiger partial charge >= 0.3 is 0 Å². The van der Waals surface area contributed by atoms with Gasteiger partial charge in [0.2, 0.25) is 0 Å². The largest absolute Gasteiger partial charge is 0.354 e. The molecule has 0 unspecified atom stereocenters. The number of piperidine rings is 1. The van der Waals surface area contributed by atoms with Crippen molar-refractivity contribution in [3.63, 3.8) is 0 Å². The summed E-state index contributed by atoms with van der Waals surface area (Å²) in [5.74, 6) is 1.19. The molecule has 0 radical (unpaired) electrons. The maximum Gasteiger partial charge on any atom is 0.261 e. The summed E-state index contributed by atoms with van der Waals surface area (Å²) in [6, 6.07) is 6.98. The Balaban J connectivity index is 0.00000225. The summed E-state index contributed by atoms with van der Waals surface area (Å²) in [7, 11) is 1.77. The van der Waals surface area contributed by atoms with E-state index in [9.17, 15) is 9.59 Å². The van der Waals surface area contributed by atoms with Gasteiger partial charge in [-0.25, -0.2) is 0 Å². The molecule has 25 heavy (non-hydrogen) atoms. The highest BCUT2D eigenvalue weighted by Crippen LogP contribution is 2.21. The van der Waals surface area contributed by atoms with Crippen molar-refractivity contribution in [1.29, 1.82) is 0 Å². The van der Waals surface area contributed by atoms with Gasteiger partial charge in [0.25, 0.3) is 11.8 Å². The Bertz CT molecular complexity index is 634. The number of hydrogen-bond donors (Lipinski definition) is 1. The van der Waals surface area contributed by atoms with Gasteiger partial charge in [0.1, 0.15) is 0 Å². The van der Waals surface area contributed by atoms with Crippen LogP contribution in [-0.4, -0.2) is 60.8 Å². The Morgan fingerprint density at radius 2 is 1.72 bits per heavy atom. The van der Waals surface area contributed by atoms with E-state index in [1.165, 1.54) is 17.7 Å². The van der Waals surface area contributed by atoms with Crippen LogP contribution in [0.25, 0.3) is 0 Å². The summed E-state index contributed by atoms with van der Waals surface area (Å²) in [6.45, 7) is 5.11. The first-order chi connectivity index (χ1) is 11.6. The lowest BCUT2D eigenvalue weighted by Gasteiger charge is -2.33. The number of nitrogens with zero attached hydrogens (tertiary/aromatic N) is 3. The molecule has 2 amide bonds. The summed E-state index contributed by atoms with van der Waals surface area (Å²) < 4.78 is 0. The summed E-state index contributed by atoms with van der Waals surface area (Å²) in [6.07, 6.45) is 2.33. The van der Waals surface area contributed by atoms with E-state index >= 15 is 0 Å². The number of carbonyl (C=O) groups is 2. The number of hydrogen-bond acceptors (Lipinski definition) is 3. The number of carbonyl (C=O) groups excluding carboxylic acids is 2. The Labute approximate surface area is 165 Å². The van der Waals surface area contributed by atoms with Crippen molar-refractivity contribution >= 4 is 41.8 Å². The number of likely N-dealkylation sites (tertiary alicyclic amines) is 1. The zero-order valence-electron chi connectivity index (χ0n) is 14.7. The second-order valence-corrected chi connectivity index (χ2v) is 6.45. The molecule has 1 fully saturated rings. The lowest BCUT2D eigenvalue weighted by molar-refractivity contribution is 0.0657. The highest BCUT2D eigenvalue weighted by atomic mass is 127. The molecule has 2 aliphatic rings. The van der Waals surface area contributed by atoms with E-state index in [1.54, 1.807) is 31.3 Å². The summed E-state index contributed by atoms with van der Waals surface area (Å²) >= 11 is 0. The van der Waals surface area contributed by atoms with Gasteiger partial charge in [0.05, 0.1) is 11.1 Å². The Morgan fingerprint density at radius 1 is 1.16 bits per heavy atom. The van der Waals surface area contributed by atoms with Gasteiger partial charge in [0, 0.05) is 33.2 Å². The number of halogens is 1. The van der Waals surface area contributed by atoms with Crippen LogP contribution in [0.15, 0.2) is 29.3 Å². The monoisotopic (exact) mass is 456 g/mol. The third-order valence-electron chi connectivity index (χ3n) is 4.79. The number of fused-ring (bicyclic) bond motifs is 1. The fraction of sp³-hybridized carbons (Fsp3) is 0.500. The first kappa shape index (κ1) is 19.7. The van der Waals surface area contributed by atoms with E-state index in [-0.39, 0.29) is 35.8 Å². The smallest absolute Gasteiger partial charge is 0.261 e. The molecular formula is C18H25IN4O2. The Morgan fingerprint density at radius 3 is 2.24 bits per heavy atom. The normalized spacial score (nSPS) is 18.2. The van der Waals surface area contributed by atoms with Crippen LogP contribution in [0.3, 0.4) is 0 Å². The minimum atomic E-state index is -0.209. The van der Waals surface area contributed by atoms with Crippen molar-refractivity contribution in [1.82, 2.24) is 15.1 Å². The van der Waals surface area contributed by atoms with Crippen LogP contribution in [-0.2, 0) is 0 Å². The highest BCUT2D eigenvalue weighted by Gasteiger charge is 2.34. The molecule has 1 aromatic rings. The maximum atomic E-state index is 12.3. The number of nitrogens with one attached hydrogen (secondary N) is 1. The SMILES string of the molecule is CN=C(NCCN1C(=O)c2ccccc2C1=O)N1CCC(C)CC1.I. The molecule has 1 N–H and O–H groups in total. The molecule has 0 aliphatic carbocycles. The van der Waals surface area contributed by atoms with Gasteiger partial charge in [-0.15, -0.1) is 24.0 Å². The standard InChI is InChI=1S/C18H24N4O2.HI/c1-13-7-10-21(11-8-13)18(19-2)20-9-12-22-16(23)14-5-3-4-6-15(14)17(22)24;/h3-6,13H,7-12H2,1-2H3,(H,19,20);1H. The number of rotatable bonds is 3. The molecule has 0 spiro atoms. The third kappa shape index (κ3) is 4.13. The van der Waals surface area contributed by atoms with Crippen LogP contribution in [0.2, 0.25) is 0 Å². The molecule has 1 saturated heterocycles. The van der Waals surface area contributed by atoms with Crippen LogP contribution in [0.5, 0.6) is 0 Å². The molecule has 1 aromatic carbocycles. The lowest BCUT2D eigenvalue weighted by Crippen LogP contribution is -2.47. The summed E-state index contributed by atoms with van der Waals surface area (Å²) in [5.41, 5.74) is 0.994. The molecule has 0 atom stereocenters. The topological polar surface area (TPSA) is 65.0 Å². The van der Waals surface area contributed by atoms with Gasteiger partial charge in [-0.2, -0.15) is 0 Å². The molecule has 0 saturated carbocycles. The average molecular weight is 456 g/mol.